The summed E-state index contributed by atoms with van der Waals surface area (Å²) in [5.41, 5.74) is 2.82. The van der Waals surface area contributed by atoms with Gasteiger partial charge >= 0.3 is 0 Å². The first-order valence-electron chi connectivity index (χ1n) is 6.78. The van der Waals surface area contributed by atoms with E-state index >= 15 is 0 Å². The minimum Gasteiger partial charge on any atom is -0.309 e. The van der Waals surface area contributed by atoms with Crippen LogP contribution in [0.5, 0.6) is 0 Å². The van der Waals surface area contributed by atoms with Gasteiger partial charge in [0, 0.05) is 6.04 Å². The molecule has 0 bridgehead atoms. The van der Waals surface area contributed by atoms with Crippen LogP contribution >= 0.6 is 11.6 Å². The summed E-state index contributed by atoms with van der Waals surface area (Å²) in [5.74, 6) is 0. The highest BCUT2D eigenvalue weighted by atomic mass is 35.5. The van der Waals surface area contributed by atoms with Gasteiger partial charge in [0.2, 0.25) is 0 Å². The number of rotatable bonds is 6. The molecule has 1 aliphatic rings. The predicted molar refractivity (Wildman–Crippen MR) is 74.7 cm³/mol. The van der Waals surface area contributed by atoms with E-state index in [0.717, 1.165) is 13.0 Å². The molecule has 0 spiro atoms. The van der Waals surface area contributed by atoms with Gasteiger partial charge in [0.05, 0.1) is 5.38 Å². The largest absolute Gasteiger partial charge is 0.309 e. The van der Waals surface area contributed by atoms with Gasteiger partial charge in [-0.3, -0.25) is 0 Å². The summed E-state index contributed by atoms with van der Waals surface area (Å²) in [4.78, 5) is 0. The molecule has 2 unspecified atom stereocenters. The van der Waals surface area contributed by atoms with Crippen LogP contribution in [-0.2, 0) is 6.42 Å². The average Bonchev–Trinajstić information content (AvgIpc) is 2.65. The van der Waals surface area contributed by atoms with Crippen LogP contribution in [0.25, 0.3) is 0 Å². The van der Waals surface area contributed by atoms with E-state index in [9.17, 15) is 0 Å². The summed E-state index contributed by atoms with van der Waals surface area (Å²) in [6.45, 7) is 3.33. The lowest BCUT2D eigenvalue weighted by atomic mass is 10.1. The van der Waals surface area contributed by atoms with Gasteiger partial charge in [0.1, 0.15) is 0 Å². The zero-order chi connectivity index (χ0) is 12.1. The molecule has 1 N–H and O–H groups in total. The van der Waals surface area contributed by atoms with Crippen LogP contribution in [0.3, 0.4) is 0 Å². The molecule has 1 aliphatic carbocycles. The van der Waals surface area contributed by atoms with Gasteiger partial charge in [-0.25, -0.2) is 0 Å². The van der Waals surface area contributed by atoms with Crippen LogP contribution in [-0.4, -0.2) is 11.9 Å². The van der Waals surface area contributed by atoms with Crippen LogP contribution in [0, 0.1) is 0 Å². The Bertz CT molecular complexity index is 351. The Morgan fingerprint density at radius 3 is 2.88 bits per heavy atom. The fourth-order valence-corrected chi connectivity index (χ4v) is 2.98. The number of unbranched alkanes of at least 4 members (excludes halogenated alkanes) is 3. The molecule has 17 heavy (non-hydrogen) atoms. The molecule has 0 saturated heterocycles. The second-order valence-electron chi connectivity index (χ2n) is 4.91. The predicted octanol–water partition coefficient (Wildman–Crippen LogP) is 4.06. The third-order valence-corrected chi connectivity index (χ3v) is 3.97. The summed E-state index contributed by atoms with van der Waals surface area (Å²) in [7, 11) is 0. The van der Waals surface area contributed by atoms with Gasteiger partial charge in [0.15, 0.2) is 0 Å². The Kier molecular flexibility index (Phi) is 4.87. The third-order valence-electron chi connectivity index (χ3n) is 3.56. The normalized spacial score (nSPS) is 22.7. The van der Waals surface area contributed by atoms with Gasteiger partial charge in [-0.15, -0.1) is 11.6 Å². The second-order valence-corrected chi connectivity index (χ2v) is 5.47. The molecule has 1 nitrogen and oxygen atoms in total. The molecule has 1 aromatic carbocycles. The van der Waals surface area contributed by atoms with Gasteiger partial charge < -0.3 is 5.32 Å². The maximum absolute atomic E-state index is 6.42. The van der Waals surface area contributed by atoms with Crippen molar-refractivity contribution in [2.45, 2.75) is 50.4 Å². The van der Waals surface area contributed by atoms with E-state index in [2.05, 4.69) is 36.5 Å². The van der Waals surface area contributed by atoms with Crippen LogP contribution in [0.1, 0.15) is 49.8 Å². The Labute approximate surface area is 110 Å². The summed E-state index contributed by atoms with van der Waals surface area (Å²) in [6.07, 6.45) is 6.23. The summed E-state index contributed by atoms with van der Waals surface area (Å²) in [5, 5.41) is 3.84. The zero-order valence-electron chi connectivity index (χ0n) is 10.6. The first-order valence-corrected chi connectivity index (χ1v) is 7.22. The van der Waals surface area contributed by atoms with Crippen molar-refractivity contribution in [2.24, 2.45) is 0 Å². The van der Waals surface area contributed by atoms with Crippen molar-refractivity contribution in [1.29, 1.82) is 0 Å². The lowest BCUT2D eigenvalue weighted by Crippen LogP contribution is -2.26. The SMILES string of the molecule is CCCCCCNC1c2ccccc2CC1Cl. The highest BCUT2D eigenvalue weighted by Gasteiger charge is 2.29. The molecule has 0 amide bonds. The molecule has 0 aliphatic heterocycles. The lowest BCUT2D eigenvalue weighted by Gasteiger charge is -2.17. The topological polar surface area (TPSA) is 12.0 Å². The summed E-state index contributed by atoms with van der Waals surface area (Å²) >= 11 is 6.42. The van der Waals surface area contributed by atoms with Crippen molar-refractivity contribution < 1.29 is 0 Å². The van der Waals surface area contributed by atoms with Crippen molar-refractivity contribution in [3.63, 3.8) is 0 Å². The van der Waals surface area contributed by atoms with Gasteiger partial charge in [0.25, 0.3) is 0 Å². The van der Waals surface area contributed by atoms with Gasteiger partial charge in [-0.2, -0.15) is 0 Å². The number of alkyl halides is 1. The first-order chi connectivity index (χ1) is 8.33. The van der Waals surface area contributed by atoms with Crippen molar-refractivity contribution in [3.8, 4) is 0 Å². The van der Waals surface area contributed by atoms with Crippen LogP contribution in [0.4, 0.5) is 0 Å². The van der Waals surface area contributed by atoms with E-state index < -0.39 is 0 Å². The van der Waals surface area contributed by atoms with E-state index in [-0.39, 0.29) is 5.38 Å². The molecule has 94 valence electrons. The molecule has 0 aromatic heterocycles. The minimum absolute atomic E-state index is 0.221. The molecule has 2 rings (SSSR count). The van der Waals surface area contributed by atoms with Crippen molar-refractivity contribution >= 4 is 11.6 Å². The molecule has 2 heteroatoms. The summed E-state index contributed by atoms with van der Waals surface area (Å²) in [6, 6.07) is 8.98. The molecule has 0 fully saturated rings. The van der Waals surface area contributed by atoms with E-state index in [1.165, 1.54) is 36.8 Å². The molecule has 1 aromatic rings. The van der Waals surface area contributed by atoms with Crippen molar-refractivity contribution in [3.05, 3.63) is 35.4 Å². The van der Waals surface area contributed by atoms with Crippen LogP contribution < -0.4 is 5.32 Å². The van der Waals surface area contributed by atoms with E-state index in [1.807, 2.05) is 0 Å². The number of halogens is 1. The molecular formula is C15H22ClN. The van der Waals surface area contributed by atoms with E-state index in [1.54, 1.807) is 0 Å². The molecule has 0 heterocycles. The Balaban J connectivity index is 1.84. The van der Waals surface area contributed by atoms with Crippen LogP contribution in [0.2, 0.25) is 0 Å². The lowest BCUT2D eigenvalue weighted by molar-refractivity contribution is 0.510. The van der Waals surface area contributed by atoms with Gasteiger partial charge in [-0.05, 0) is 30.5 Å². The first kappa shape index (κ1) is 12.9. The third kappa shape index (κ3) is 3.23. The fourth-order valence-electron chi connectivity index (χ4n) is 2.59. The standard InChI is InChI=1S/C15H22ClN/c1-2-3-4-7-10-17-15-13-9-6-5-8-12(13)11-14(15)16/h5-6,8-9,14-15,17H,2-4,7,10-11H2,1H3. The number of nitrogens with one attached hydrogen (secondary N) is 1. The molecule has 0 radical (unpaired) electrons. The maximum Gasteiger partial charge on any atom is 0.0571 e. The monoisotopic (exact) mass is 251 g/mol. The molecule has 0 saturated carbocycles. The van der Waals surface area contributed by atoms with Gasteiger partial charge in [-0.1, -0.05) is 50.5 Å². The Morgan fingerprint density at radius 2 is 2.06 bits per heavy atom. The number of hydrogen-bond acceptors (Lipinski definition) is 1. The average molecular weight is 252 g/mol. The number of benzene rings is 1. The Hall–Kier alpha value is -0.530. The fraction of sp³-hybridized carbons (Fsp3) is 0.600. The maximum atomic E-state index is 6.42. The summed E-state index contributed by atoms with van der Waals surface area (Å²) < 4.78 is 0. The van der Waals surface area contributed by atoms with Crippen molar-refractivity contribution in [1.82, 2.24) is 5.32 Å². The van der Waals surface area contributed by atoms with E-state index in [0.29, 0.717) is 6.04 Å². The Morgan fingerprint density at radius 1 is 1.24 bits per heavy atom. The highest BCUT2D eigenvalue weighted by molar-refractivity contribution is 6.21. The van der Waals surface area contributed by atoms with Crippen LogP contribution in [0.15, 0.2) is 24.3 Å². The van der Waals surface area contributed by atoms with Crippen molar-refractivity contribution in [2.75, 3.05) is 6.54 Å². The number of hydrogen-bond donors (Lipinski definition) is 1. The molecule has 2 atom stereocenters. The smallest absolute Gasteiger partial charge is 0.0571 e. The minimum atomic E-state index is 0.221. The second kappa shape index (κ2) is 6.42. The van der Waals surface area contributed by atoms with E-state index in [4.69, 9.17) is 11.6 Å². The quantitative estimate of drug-likeness (QED) is 0.594. The number of fused-ring (bicyclic) bond motifs is 1. The highest BCUT2D eigenvalue weighted by Crippen LogP contribution is 2.34. The zero-order valence-corrected chi connectivity index (χ0v) is 11.3. The molecular weight excluding hydrogens is 230 g/mol.